The van der Waals surface area contributed by atoms with Crippen LogP contribution in [0.3, 0.4) is 0 Å². The van der Waals surface area contributed by atoms with Crippen LogP contribution in [-0.2, 0) is 4.74 Å². The second kappa shape index (κ2) is 8.12. The van der Waals surface area contributed by atoms with E-state index in [4.69, 9.17) is 4.74 Å². The van der Waals surface area contributed by atoms with Gasteiger partial charge in [-0.3, -0.25) is 4.79 Å². The van der Waals surface area contributed by atoms with Gasteiger partial charge in [0.1, 0.15) is 5.82 Å². The molecule has 1 aromatic carbocycles. The van der Waals surface area contributed by atoms with E-state index in [0.29, 0.717) is 22.6 Å². The highest BCUT2D eigenvalue weighted by Gasteiger charge is 2.17. The molecule has 0 fully saturated rings. The lowest BCUT2D eigenvalue weighted by Crippen LogP contribution is -2.15. The molecule has 0 aliphatic rings. The van der Waals surface area contributed by atoms with Crippen LogP contribution < -0.4 is 5.32 Å². The largest absolute Gasteiger partial charge is 0.462 e. The summed E-state index contributed by atoms with van der Waals surface area (Å²) < 4.78 is 6.59. The first kappa shape index (κ1) is 19.3. The first-order valence-corrected chi connectivity index (χ1v) is 9.42. The zero-order valence-electron chi connectivity index (χ0n) is 16.5. The molecule has 4 aromatic rings. The van der Waals surface area contributed by atoms with Crippen LogP contribution >= 0.6 is 0 Å². The number of carbonyl (C=O) groups excluding carboxylic acids is 2. The summed E-state index contributed by atoms with van der Waals surface area (Å²) in [5.41, 5.74) is 2.18. The summed E-state index contributed by atoms with van der Waals surface area (Å²) in [5.74, 6) is 0.0176. The van der Waals surface area contributed by atoms with Crippen LogP contribution in [0.25, 0.3) is 16.7 Å². The maximum absolute atomic E-state index is 12.8. The van der Waals surface area contributed by atoms with E-state index < -0.39 is 5.97 Å². The molecule has 0 saturated heterocycles. The quantitative estimate of drug-likeness (QED) is 0.514. The molecule has 0 bridgehead atoms. The highest BCUT2D eigenvalue weighted by molar-refractivity contribution is 6.05. The van der Waals surface area contributed by atoms with E-state index in [-0.39, 0.29) is 18.3 Å². The van der Waals surface area contributed by atoms with Crippen molar-refractivity contribution in [3.05, 3.63) is 77.7 Å². The SMILES string of the molecule is CCOC(=O)c1ccnc(NC(=O)c2cnn(-c3ccc4ccccc4n3)c2C)c1. The highest BCUT2D eigenvalue weighted by atomic mass is 16.5. The van der Waals surface area contributed by atoms with Gasteiger partial charge in [0, 0.05) is 11.6 Å². The Morgan fingerprint density at radius 1 is 1.13 bits per heavy atom. The minimum Gasteiger partial charge on any atom is -0.462 e. The first-order chi connectivity index (χ1) is 14.6. The van der Waals surface area contributed by atoms with Gasteiger partial charge in [0.05, 0.1) is 35.1 Å². The van der Waals surface area contributed by atoms with Gasteiger partial charge in [-0.15, -0.1) is 0 Å². The molecule has 1 amide bonds. The fraction of sp³-hybridized carbons (Fsp3) is 0.136. The molecule has 0 saturated carbocycles. The van der Waals surface area contributed by atoms with Gasteiger partial charge in [-0.05, 0) is 44.2 Å². The van der Waals surface area contributed by atoms with E-state index >= 15 is 0 Å². The fourth-order valence-electron chi connectivity index (χ4n) is 3.06. The van der Waals surface area contributed by atoms with Crippen molar-refractivity contribution in [3.8, 4) is 5.82 Å². The number of para-hydroxylation sites is 1. The lowest BCUT2D eigenvalue weighted by molar-refractivity contribution is 0.0526. The van der Waals surface area contributed by atoms with Crippen LogP contribution in [0.1, 0.15) is 33.3 Å². The van der Waals surface area contributed by atoms with Crippen LogP contribution in [0.4, 0.5) is 5.82 Å². The molecular weight excluding hydrogens is 382 g/mol. The summed E-state index contributed by atoms with van der Waals surface area (Å²) in [7, 11) is 0. The van der Waals surface area contributed by atoms with Crippen molar-refractivity contribution in [3.63, 3.8) is 0 Å². The van der Waals surface area contributed by atoms with Crippen molar-refractivity contribution in [1.29, 1.82) is 0 Å². The van der Waals surface area contributed by atoms with E-state index in [9.17, 15) is 9.59 Å². The van der Waals surface area contributed by atoms with Crippen molar-refractivity contribution < 1.29 is 14.3 Å². The molecule has 0 aliphatic carbocycles. The van der Waals surface area contributed by atoms with Crippen LogP contribution in [0.5, 0.6) is 0 Å². The van der Waals surface area contributed by atoms with Gasteiger partial charge >= 0.3 is 5.97 Å². The normalized spacial score (nSPS) is 10.7. The van der Waals surface area contributed by atoms with Gasteiger partial charge in [-0.25, -0.2) is 19.4 Å². The average Bonchev–Trinajstić information content (AvgIpc) is 3.15. The summed E-state index contributed by atoms with van der Waals surface area (Å²) in [6, 6.07) is 14.6. The number of nitrogens with zero attached hydrogens (tertiary/aromatic N) is 4. The van der Waals surface area contributed by atoms with Gasteiger partial charge in [-0.1, -0.05) is 18.2 Å². The Morgan fingerprint density at radius 3 is 2.80 bits per heavy atom. The Bertz CT molecular complexity index is 1250. The van der Waals surface area contributed by atoms with Gasteiger partial charge in [0.25, 0.3) is 5.91 Å². The number of rotatable bonds is 5. The molecule has 0 spiro atoms. The smallest absolute Gasteiger partial charge is 0.338 e. The van der Waals surface area contributed by atoms with Crippen LogP contribution in [0, 0.1) is 6.92 Å². The summed E-state index contributed by atoms with van der Waals surface area (Å²) in [4.78, 5) is 33.3. The molecule has 3 aromatic heterocycles. The third kappa shape index (κ3) is 3.75. The second-order valence-corrected chi connectivity index (χ2v) is 6.52. The number of fused-ring (bicyclic) bond motifs is 1. The predicted molar refractivity (Wildman–Crippen MR) is 112 cm³/mol. The van der Waals surface area contributed by atoms with Gasteiger partial charge in [0.15, 0.2) is 5.82 Å². The van der Waals surface area contributed by atoms with Crippen molar-refractivity contribution in [2.45, 2.75) is 13.8 Å². The van der Waals surface area contributed by atoms with Crippen LogP contribution in [0.15, 0.2) is 60.9 Å². The number of carbonyl (C=O) groups is 2. The van der Waals surface area contributed by atoms with E-state index in [1.165, 1.54) is 24.5 Å². The van der Waals surface area contributed by atoms with Crippen LogP contribution in [-0.4, -0.2) is 38.2 Å². The topological polar surface area (TPSA) is 99.0 Å². The minimum atomic E-state index is -0.471. The van der Waals surface area contributed by atoms with Crippen molar-refractivity contribution in [2.24, 2.45) is 0 Å². The van der Waals surface area contributed by atoms with Crippen molar-refractivity contribution in [2.75, 3.05) is 11.9 Å². The summed E-state index contributed by atoms with van der Waals surface area (Å²) in [5, 5.41) is 8.05. The number of ether oxygens (including phenoxy) is 1. The third-order valence-corrected chi connectivity index (χ3v) is 4.57. The number of nitrogens with one attached hydrogen (secondary N) is 1. The summed E-state index contributed by atoms with van der Waals surface area (Å²) >= 11 is 0. The number of benzene rings is 1. The van der Waals surface area contributed by atoms with Gasteiger partial charge < -0.3 is 10.1 Å². The number of anilines is 1. The first-order valence-electron chi connectivity index (χ1n) is 9.42. The zero-order chi connectivity index (χ0) is 21.1. The molecule has 0 radical (unpaired) electrons. The molecular formula is C22H19N5O3. The molecule has 8 nitrogen and oxygen atoms in total. The second-order valence-electron chi connectivity index (χ2n) is 6.52. The summed E-state index contributed by atoms with van der Waals surface area (Å²) in [6.45, 7) is 3.79. The van der Waals surface area contributed by atoms with Crippen molar-refractivity contribution in [1.82, 2.24) is 19.7 Å². The molecule has 3 heterocycles. The van der Waals surface area contributed by atoms with E-state index in [1.54, 1.807) is 18.5 Å². The lowest BCUT2D eigenvalue weighted by Gasteiger charge is -2.07. The zero-order valence-corrected chi connectivity index (χ0v) is 16.5. The standard InChI is InChI=1S/C22H19N5O3/c1-3-30-22(29)16-10-11-23-19(12-16)26-21(28)17-13-24-27(14(17)2)20-9-8-15-6-4-5-7-18(15)25-20/h4-13H,3H2,1-2H3,(H,23,26,28). The maximum Gasteiger partial charge on any atom is 0.338 e. The number of amides is 1. The summed E-state index contributed by atoms with van der Waals surface area (Å²) in [6.07, 6.45) is 2.92. The molecule has 0 unspecified atom stereocenters. The molecule has 0 atom stereocenters. The molecule has 1 N–H and O–H groups in total. The Hall–Kier alpha value is -4.07. The maximum atomic E-state index is 12.8. The number of hydrogen-bond acceptors (Lipinski definition) is 6. The average molecular weight is 401 g/mol. The van der Waals surface area contributed by atoms with Gasteiger partial charge in [0.2, 0.25) is 0 Å². The van der Waals surface area contributed by atoms with Crippen molar-refractivity contribution >= 4 is 28.6 Å². The lowest BCUT2D eigenvalue weighted by atomic mass is 10.2. The monoisotopic (exact) mass is 401 g/mol. The molecule has 150 valence electrons. The van der Waals surface area contributed by atoms with E-state index in [0.717, 1.165) is 10.9 Å². The number of hydrogen-bond donors (Lipinski definition) is 1. The Morgan fingerprint density at radius 2 is 1.97 bits per heavy atom. The molecule has 4 rings (SSSR count). The Kier molecular flexibility index (Phi) is 5.21. The number of pyridine rings is 2. The molecule has 0 aliphatic heterocycles. The fourth-order valence-corrected chi connectivity index (χ4v) is 3.06. The highest BCUT2D eigenvalue weighted by Crippen LogP contribution is 2.18. The molecule has 8 heteroatoms. The van der Waals surface area contributed by atoms with E-state index in [1.807, 2.05) is 36.4 Å². The van der Waals surface area contributed by atoms with E-state index in [2.05, 4.69) is 20.4 Å². The minimum absolute atomic E-state index is 0.251. The predicted octanol–water partition coefficient (Wildman–Crippen LogP) is 3.55. The van der Waals surface area contributed by atoms with Gasteiger partial charge in [-0.2, -0.15) is 5.10 Å². The third-order valence-electron chi connectivity index (χ3n) is 4.57. The molecule has 30 heavy (non-hydrogen) atoms. The number of esters is 1. The Labute approximate surface area is 172 Å². The van der Waals surface area contributed by atoms with Crippen LogP contribution in [0.2, 0.25) is 0 Å². The number of aromatic nitrogens is 4. The Balaban J connectivity index is 1.58.